The predicted molar refractivity (Wildman–Crippen MR) is 125 cm³/mol. The molecule has 0 radical (unpaired) electrons. The van der Waals surface area contributed by atoms with Gasteiger partial charge in [0.2, 0.25) is 0 Å². The van der Waals surface area contributed by atoms with Gasteiger partial charge in [0, 0.05) is 37.4 Å². The number of ether oxygens (including phenoxy) is 1. The molecule has 2 bridgehead atoms. The maximum atomic E-state index is 13.0. The van der Waals surface area contributed by atoms with Crippen LogP contribution in [0.5, 0.6) is 5.75 Å². The second-order valence-electron chi connectivity index (χ2n) is 10.3. The van der Waals surface area contributed by atoms with Crippen molar-refractivity contribution in [1.82, 2.24) is 14.8 Å². The molecule has 1 N–H and O–H groups in total. The van der Waals surface area contributed by atoms with Crippen LogP contribution in [0.25, 0.3) is 0 Å². The number of carbonyl (C=O) groups excluding carboxylic acids is 1. The molecule has 4 rings (SSSR count). The number of pyridine rings is 1. The first-order valence-electron chi connectivity index (χ1n) is 11.8. The van der Waals surface area contributed by atoms with Gasteiger partial charge in [0.05, 0.1) is 11.2 Å². The fraction of sp³-hybridized carbons (Fsp3) is 0.538. The van der Waals surface area contributed by atoms with Gasteiger partial charge >= 0.3 is 6.18 Å². The van der Waals surface area contributed by atoms with E-state index in [9.17, 15) is 23.1 Å². The van der Waals surface area contributed by atoms with Crippen LogP contribution >= 0.6 is 0 Å². The number of benzene rings is 1. The highest BCUT2D eigenvalue weighted by Gasteiger charge is 2.47. The van der Waals surface area contributed by atoms with Crippen molar-refractivity contribution in [3.05, 3.63) is 58.4 Å². The number of alkyl halides is 3. The van der Waals surface area contributed by atoms with Crippen molar-refractivity contribution < 1.29 is 27.8 Å². The lowest BCUT2D eigenvalue weighted by Gasteiger charge is -2.38. The second-order valence-corrected chi connectivity index (χ2v) is 10.3. The number of piperazine rings is 1. The molecule has 0 aliphatic carbocycles. The van der Waals surface area contributed by atoms with Gasteiger partial charge in [-0.15, -0.1) is 0 Å². The standard InChI is InChI=1S/C26H32F3N3O3/c1-15-16(2)22(35-14-25(4,5)34)8-7-21(15)17(3)31-12-20-10-19(31)13-32(20)24(33)18-6-9-23(30-11-18)26(27,28)29/h6-9,11,17,19-20,34H,10,12-14H2,1-5H3/t17-,19+,20+/m0/s1. The van der Waals surface area contributed by atoms with E-state index in [1.54, 1.807) is 18.7 Å². The molecule has 2 aliphatic rings. The maximum Gasteiger partial charge on any atom is 0.433 e. The molecule has 3 heterocycles. The van der Waals surface area contributed by atoms with Crippen LogP contribution in [0.1, 0.15) is 66.0 Å². The summed E-state index contributed by atoms with van der Waals surface area (Å²) < 4.78 is 44.2. The summed E-state index contributed by atoms with van der Waals surface area (Å²) in [6.07, 6.45) is -2.67. The first kappa shape index (κ1) is 25.4. The third kappa shape index (κ3) is 5.16. The molecule has 2 fully saturated rings. The maximum absolute atomic E-state index is 13.0. The molecule has 35 heavy (non-hydrogen) atoms. The Morgan fingerprint density at radius 1 is 1.14 bits per heavy atom. The number of hydrogen-bond donors (Lipinski definition) is 1. The number of amides is 1. The summed E-state index contributed by atoms with van der Waals surface area (Å²) in [6, 6.07) is 6.42. The van der Waals surface area contributed by atoms with Crippen molar-refractivity contribution in [1.29, 1.82) is 0 Å². The second kappa shape index (κ2) is 9.09. The van der Waals surface area contributed by atoms with Crippen LogP contribution < -0.4 is 4.74 Å². The first-order valence-corrected chi connectivity index (χ1v) is 11.8. The first-order chi connectivity index (χ1) is 16.3. The van der Waals surface area contributed by atoms with Crippen molar-refractivity contribution in [3.63, 3.8) is 0 Å². The van der Waals surface area contributed by atoms with E-state index < -0.39 is 17.5 Å². The molecular weight excluding hydrogens is 459 g/mol. The molecule has 190 valence electrons. The highest BCUT2D eigenvalue weighted by molar-refractivity contribution is 5.94. The molecule has 0 unspecified atom stereocenters. The third-order valence-corrected chi connectivity index (χ3v) is 7.15. The zero-order valence-electron chi connectivity index (χ0n) is 20.7. The minimum Gasteiger partial charge on any atom is -0.490 e. The number of nitrogens with zero attached hydrogens (tertiary/aromatic N) is 3. The topological polar surface area (TPSA) is 65.9 Å². The van der Waals surface area contributed by atoms with E-state index in [1.165, 1.54) is 11.6 Å². The van der Waals surface area contributed by atoms with Gasteiger partial charge in [0.1, 0.15) is 18.1 Å². The largest absolute Gasteiger partial charge is 0.490 e. The quantitative estimate of drug-likeness (QED) is 0.644. The average molecular weight is 492 g/mol. The summed E-state index contributed by atoms with van der Waals surface area (Å²) in [5, 5.41) is 9.96. The van der Waals surface area contributed by atoms with Gasteiger partial charge in [-0.05, 0) is 75.9 Å². The number of likely N-dealkylation sites (tertiary alicyclic amines) is 2. The lowest BCUT2D eigenvalue weighted by Crippen LogP contribution is -2.49. The Bertz CT molecular complexity index is 1100. The molecule has 2 aromatic rings. The highest BCUT2D eigenvalue weighted by atomic mass is 19.4. The summed E-state index contributed by atoms with van der Waals surface area (Å²) in [4.78, 5) is 20.6. The summed E-state index contributed by atoms with van der Waals surface area (Å²) in [6.45, 7) is 11.1. The Morgan fingerprint density at radius 2 is 1.86 bits per heavy atom. The molecule has 1 aromatic heterocycles. The number of hydrogen-bond acceptors (Lipinski definition) is 5. The van der Waals surface area contributed by atoms with E-state index in [4.69, 9.17) is 4.74 Å². The zero-order chi connectivity index (χ0) is 25.7. The van der Waals surface area contributed by atoms with E-state index in [0.717, 1.165) is 35.6 Å². The third-order valence-electron chi connectivity index (χ3n) is 7.15. The molecule has 2 saturated heterocycles. The Kier molecular flexibility index (Phi) is 6.61. The van der Waals surface area contributed by atoms with Gasteiger partial charge in [-0.25, -0.2) is 0 Å². The van der Waals surface area contributed by atoms with E-state index in [2.05, 4.69) is 29.8 Å². The number of carbonyl (C=O) groups is 1. The van der Waals surface area contributed by atoms with E-state index >= 15 is 0 Å². The van der Waals surface area contributed by atoms with Crippen LogP contribution in [0, 0.1) is 13.8 Å². The summed E-state index contributed by atoms with van der Waals surface area (Å²) in [7, 11) is 0. The minimum atomic E-state index is -4.53. The summed E-state index contributed by atoms with van der Waals surface area (Å²) in [5.41, 5.74) is 1.63. The van der Waals surface area contributed by atoms with Crippen LogP contribution in [0.3, 0.4) is 0 Å². The number of rotatable bonds is 6. The van der Waals surface area contributed by atoms with Crippen LogP contribution in [-0.2, 0) is 6.18 Å². The smallest absolute Gasteiger partial charge is 0.433 e. The normalized spacial score (nSPS) is 21.5. The van der Waals surface area contributed by atoms with Crippen molar-refractivity contribution >= 4 is 5.91 Å². The van der Waals surface area contributed by atoms with Gasteiger partial charge < -0.3 is 14.7 Å². The van der Waals surface area contributed by atoms with Gasteiger partial charge in [-0.2, -0.15) is 13.2 Å². The van der Waals surface area contributed by atoms with Crippen molar-refractivity contribution in [3.8, 4) is 5.75 Å². The van der Waals surface area contributed by atoms with E-state index in [1.807, 2.05) is 13.0 Å². The zero-order valence-corrected chi connectivity index (χ0v) is 20.7. The van der Waals surface area contributed by atoms with Crippen molar-refractivity contribution in [2.24, 2.45) is 0 Å². The number of aromatic nitrogens is 1. The van der Waals surface area contributed by atoms with Gasteiger partial charge in [0.25, 0.3) is 5.91 Å². The summed E-state index contributed by atoms with van der Waals surface area (Å²) in [5.74, 6) is 0.483. The number of aliphatic hydroxyl groups is 1. The van der Waals surface area contributed by atoms with Crippen LogP contribution in [0.4, 0.5) is 13.2 Å². The monoisotopic (exact) mass is 491 g/mol. The van der Waals surface area contributed by atoms with Crippen molar-refractivity contribution in [2.75, 3.05) is 19.7 Å². The molecule has 0 saturated carbocycles. The SMILES string of the molecule is Cc1c(OCC(C)(C)O)ccc([C@H](C)N2C[C@H]3C[C@@H]2CN3C(=O)c2ccc(C(F)(F)F)nc2)c1C. The Labute approximate surface area is 203 Å². The lowest BCUT2D eigenvalue weighted by atomic mass is 9.96. The molecular formula is C26H32F3N3O3. The number of fused-ring (bicyclic) bond motifs is 2. The summed E-state index contributed by atoms with van der Waals surface area (Å²) >= 11 is 0. The molecule has 2 aliphatic heterocycles. The van der Waals surface area contributed by atoms with Gasteiger partial charge in [0.15, 0.2) is 0 Å². The van der Waals surface area contributed by atoms with Crippen molar-refractivity contribution in [2.45, 2.75) is 70.9 Å². The molecule has 9 heteroatoms. The van der Waals surface area contributed by atoms with Gasteiger partial charge in [-0.1, -0.05) is 6.07 Å². The minimum absolute atomic E-state index is 0.0213. The van der Waals surface area contributed by atoms with Crippen LogP contribution in [0.2, 0.25) is 0 Å². The lowest BCUT2D eigenvalue weighted by molar-refractivity contribution is -0.141. The van der Waals surface area contributed by atoms with Crippen LogP contribution in [-0.4, -0.2) is 63.2 Å². The Hall–Kier alpha value is -2.65. The van der Waals surface area contributed by atoms with E-state index in [0.29, 0.717) is 13.1 Å². The number of halogens is 3. The van der Waals surface area contributed by atoms with Crippen LogP contribution in [0.15, 0.2) is 30.5 Å². The molecule has 1 amide bonds. The fourth-order valence-electron chi connectivity index (χ4n) is 5.13. The Balaban J connectivity index is 1.43. The molecule has 1 aromatic carbocycles. The molecule has 0 spiro atoms. The predicted octanol–water partition coefficient (Wildman–Crippen LogP) is 4.53. The fourth-order valence-corrected chi connectivity index (χ4v) is 5.13. The van der Waals surface area contributed by atoms with Gasteiger partial charge in [-0.3, -0.25) is 14.7 Å². The van der Waals surface area contributed by atoms with E-state index in [-0.39, 0.29) is 36.2 Å². The molecule has 3 atom stereocenters. The Morgan fingerprint density at radius 3 is 2.40 bits per heavy atom. The average Bonchev–Trinajstić information content (AvgIpc) is 3.39. The highest BCUT2D eigenvalue weighted by Crippen LogP contribution is 2.39. The molecule has 6 nitrogen and oxygen atoms in total.